The Balaban J connectivity index is 1.20. The number of nitrogens with one attached hydrogen (secondary N) is 1. The fraction of sp³-hybridized carbons (Fsp3) is 0.226. The standard InChI is InChI=1S/C31H28N4O7S2/c36-27-20-35(44(40,41)28-10-4-5-16-34(28)39)26-15-17-33(29(26)27)31(38)25(19-24-9-6-18-43-24)32-30(37)21-11-13-23(14-12-21)42-22-7-2-1-3-8-22/h1-14,16,18,25-26,29H,15,17,19-20H2,(H,32,37). The highest BCUT2D eigenvalue weighted by Crippen LogP contribution is 2.34. The van der Waals surface area contributed by atoms with Crippen LogP contribution in [0.15, 0.2) is 102 Å². The fourth-order valence-electron chi connectivity index (χ4n) is 5.64. The van der Waals surface area contributed by atoms with Gasteiger partial charge in [0.1, 0.15) is 23.6 Å². The average molecular weight is 633 g/mol. The molecule has 0 bridgehead atoms. The lowest BCUT2D eigenvalue weighted by Crippen LogP contribution is -2.53. The Labute approximate surface area is 257 Å². The number of carbonyl (C=O) groups excluding carboxylic acids is 3. The van der Waals surface area contributed by atoms with Crippen molar-refractivity contribution in [1.29, 1.82) is 0 Å². The lowest BCUT2D eigenvalue weighted by Gasteiger charge is -2.28. The first kappa shape index (κ1) is 29.5. The van der Waals surface area contributed by atoms with Crippen molar-refractivity contribution < 1.29 is 32.3 Å². The van der Waals surface area contributed by atoms with E-state index < -0.39 is 57.3 Å². The van der Waals surface area contributed by atoms with Gasteiger partial charge in [-0.05, 0) is 60.3 Å². The van der Waals surface area contributed by atoms with Crippen molar-refractivity contribution in [2.75, 3.05) is 13.1 Å². The highest BCUT2D eigenvalue weighted by Gasteiger charge is 2.55. The van der Waals surface area contributed by atoms with Gasteiger partial charge in [0.25, 0.3) is 5.91 Å². The lowest BCUT2D eigenvalue weighted by molar-refractivity contribution is -0.646. The molecule has 226 valence electrons. The molecule has 11 nitrogen and oxygen atoms in total. The molecular formula is C31H28N4O7S2. The molecule has 0 radical (unpaired) electrons. The Morgan fingerprint density at radius 2 is 1.73 bits per heavy atom. The summed E-state index contributed by atoms with van der Waals surface area (Å²) in [6, 6.07) is 20.6. The van der Waals surface area contributed by atoms with Crippen LogP contribution in [-0.4, -0.2) is 66.4 Å². The predicted octanol–water partition coefficient (Wildman–Crippen LogP) is 2.76. The van der Waals surface area contributed by atoms with E-state index in [-0.39, 0.29) is 24.1 Å². The molecule has 2 aromatic heterocycles. The smallest absolute Gasteiger partial charge is 0.323 e. The van der Waals surface area contributed by atoms with Crippen molar-refractivity contribution in [2.24, 2.45) is 0 Å². The quantitative estimate of drug-likeness (QED) is 0.221. The Kier molecular flexibility index (Phi) is 8.17. The molecular weight excluding hydrogens is 604 g/mol. The number of Topliss-reactive ketones (excluding diaryl/α,β-unsaturated/α-hetero) is 1. The summed E-state index contributed by atoms with van der Waals surface area (Å²) in [5, 5.41) is 16.5. The van der Waals surface area contributed by atoms with Gasteiger partial charge >= 0.3 is 15.0 Å². The first-order chi connectivity index (χ1) is 21.2. The van der Waals surface area contributed by atoms with Crippen LogP contribution in [0.4, 0.5) is 0 Å². The number of pyridine rings is 1. The number of fused-ring (bicyclic) bond motifs is 1. The van der Waals surface area contributed by atoms with Crippen LogP contribution >= 0.6 is 11.3 Å². The highest BCUT2D eigenvalue weighted by atomic mass is 32.2. The third-order valence-electron chi connectivity index (χ3n) is 7.71. The van der Waals surface area contributed by atoms with Crippen molar-refractivity contribution >= 4 is 39.0 Å². The molecule has 4 heterocycles. The van der Waals surface area contributed by atoms with Gasteiger partial charge in [-0.1, -0.05) is 24.3 Å². The number of hydrogen-bond acceptors (Lipinski definition) is 8. The van der Waals surface area contributed by atoms with Crippen molar-refractivity contribution in [2.45, 2.75) is 36.0 Å². The third-order valence-corrected chi connectivity index (χ3v) is 10.5. The van der Waals surface area contributed by atoms with Gasteiger partial charge in [0.05, 0.1) is 12.6 Å². The van der Waals surface area contributed by atoms with Gasteiger partial charge in [0, 0.05) is 35.5 Å². The summed E-state index contributed by atoms with van der Waals surface area (Å²) >= 11 is 1.43. The predicted molar refractivity (Wildman–Crippen MR) is 160 cm³/mol. The Bertz CT molecular complexity index is 1780. The van der Waals surface area contributed by atoms with Gasteiger partial charge in [0.15, 0.2) is 12.0 Å². The van der Waals surface area contributed by atoms with Crippen LogP contribution in [-0.2, 0) is 26.0 Å². The summed E-state index contributed by atoms with van der Waals surface area (Å²) in [5.41, 5.74) is 0.316. The number of benzene rings is 2. The molecule has 13 heteroatoms. The maximum Gasteiger partial charge on any atom is 0.323 e. The summed E-state index contributed by atoms with van der Waals surface area (Å²) in [6.45, 7) is -0.323. The van der Waals surface area contributed by atoms with Crippen molar-refractivity contribution in [3.05, 3.63) is 112 Å². The third kappa shape index (κ3) is 5.81. The SMILES string of the molecule is O=C(NC(Cc1cccs1)C(=O)N1CCC2C1C(=O)CN2S(=O)(=O)c1cccc[n+]1[O-])c1ccc(Oc2ccccc2)cc1. The molecule has 0 saturated carbocycles. The van der Waals surface area contributed by atoms with E-state index in [1.165, 1.54) is 34.4 Å². The summed E-state index contributed by atoms with van der Waals surface area (Å²) in [5.74, 6) is -0.200. The average Bonchev–Trinajstić information content (AvgIpc) is 3.77. The molecule has 3 atom stereocenters. The van der Waals surface area contributed by atoms with Gasteiger partial charge in [-0.3, -0.25) is 14.4 Å². The molecule has 0 aliphatic carbocycles. The molecule has 2 fully saturated rings. The maximum absolute atomic E-state index is 14.0. The molecule has 2 saturated heterocycles. The minimum atomic E-state index is -4.30. The van der Waals surface area contributed by atoms with Crippen LogP contribution in [0, 0.1) is 5.21 Å². The molecule has 0 spiro atoms. The number of hydrogen-bond donors (Lipinski definition) is 1. The van der Waals surface area contributed by atoms with Crippen molar-refractivity contribution in [3.63, 3.8) is 0 Å². The minimum Gasteiger partial charge on any atom is -0.618 e. The number of aromatic nitrogens is 1. The number of para-hydroxylation sites is 1. The van der Waals surface area contributed by atoms with Gasteiger partial charge in [-0.15, -0.1) is 11.3 Å². The topological polar surface area (TPSA) is 140 Å². The van der Waals surface area contributed by atoms with Crippen LogP contribution in [0.2, 0.25) is 0 Å². The number of rotatable bonds is 9. The van der Waals surface area contributed by atoms with Crippen molar-refractivity contribution in [1.82, 2.24) is 14.5 Å². The van der Waals surface area contributed by atoms with Crippen LogP contribution in [0.5, 0.6) is 11.5 Å². The van der Waals surface area contributed by atoms with Crippen molar-refractivity contribution in [3.8, 4) is 11.5 Å². The van der Waals surface area contributed by atoms with Crippen LogP contribution in [0.25, 0.3) is 0 Å². The second-order valence-electron chi connectivity index (χ2n) is 10.5. The molecule has 4 aromatic rings. The second kappa shape index (κ2) is 12.2. The number of nitrogens with zero attached hydrogens (tertiary/aromatic N) is 3. The fourth-order valence-corrected chi connectivity index (χ4v) is 8.05. The largest absolute Gasteiger partial charge is 0.618 e. The summed E-state index contributed by atoms with van der Waals surface area (Å²) in [6.07, 6.45) is 1.49. The number of likely N-dealkylation sites (tertiary alicyclic amines) is 1. The Hall–Kier alpha value is -4.59. The second-order valence-corrected chi connectivity index (χ2v) is 13.3. The van der Waals surface area contributed by atoms with Crippen LogP contribution in [0.1, 0.15) is 21.7 Å². The van der Waals surface area contributed by atoms with Gasteiger partial charge in [-0.2, -0.15) is 9.04 Å². The van der Waals surface area contributed by atoms with E-state index in [0.717, 1.165) is 15.4 Å². The van der Waals surface area contributed by atoms with E-state index in [4.69, 9.17) is 4.74 Å². The van der Waals surface area contributed by atoms with Crippen LogP contribution < -0.4 is 14.8 Å². The lowest BCUT2D eigenvalue weighted by atomic mass is 10.1. The van der Waals surface area contributed by atoms with E-state index in [1.807, 2.05) is 47.8 Å². The molecule has 1 N–H and O–H groups in total. The number of sulfonamides is 1. The normalized spacial score (nSPS) is 19.0. The van der Waals surface area contributed by atoms with E-state index >= 15 is 0 Å². The van der Waals surface area contributed by atoms with Gasteiger partial charge in [0.2, 0.25) is 5.91 Å². The van der Waals surface area contributed by atoms with E-state index in [9.17, 15) is 28.0 Å². The zero-order chi connectivity index (χ0) is 30.8. The minimum absolute atomic E-state index is 0.125. The number of carbonyl (C=O) groups is 3. The molecule has 2 aliphatic rings. The molecule has 6 rings (SSSR count). The zero-order valence-corrected chi connectivity index (χ0v) is 24.9. The molecule has 2 aliphatic heterocycles. The summed E-state index contributed by atoms with van der Waals surface area (Å²) in [4.78, 5) is 42.8. The van der Waals surface area contributed by atoms with Gasteiger partial charge < -0.3 is 20.2 Å². The maximum atomic E-state index is 14.0. The van der Waals surface area contributed by atoms with E-state index in [0.29, 0.717) is 17.1 Å². The Morgan fingerprint density at radius 3 is 2.43 bits per heavy atom. The molecule has 2 amide bonds. The molecule has 44 heavy (non-hydrogen) atoms. The number of thiophene rings is 1. The monoisotopic (exact) mass is 632 g/mol. The van der Waals surface area contributed by atoms with Crippen LogP contribution in [0.3, 0.4) is 0 Å². The number of ether oxygens (including phenoxy) is 1. The Morgan fingerprint density at radius 1 is 1.00 bits per heavy atom. The first-order valence-corrected chi connectivity index (χ1v) is 16.2. The number of amides is 2. The molecule has 3 unspecified atom stereocenters. The van der Waals surface area contributed by atoms with Gasteiger partial charge in [-0.25, -0.2) is 8.42 Å². The first-order valence-electron chi connectivity index (χ1n) is 13.9. The zero-order valence-electron chi connectivity index (χ0n) is 23.3. The summed E-state index contributed by atoms with van der Waals surface area (Å²) in [7, 11) is -4.30. The van der Waals surface area contributed by atoms with E-state index in [1.54, 1.807) is 24.3 Å². The number of ketones is 1. The van der Waals surface area contributed by atoms with E-state index in [2.05, 4.69) is 5.32 Å². The highest BCUT2D eigenvalue weighted by molar-refractivity contribution is 7.89. The summed E-state index contributed by atoms with van der Waals surface area (Å²) < 4.78 is 33.8. The molecule has 2 aromatic carbocycles.